The summed E-state index contributed by atoms with van der Waals surface area (Å²) in [6, 6.07) is 9.54. The molecule has 0 aromatic heterocycles. The highest BCUT2D eigenvalue weighted by molar-refractivity contribution is 5.79. The van der Waals surface area contributed by atoms with Gasteiger partial charge in [0.05, 0.1) is 5.92 Å². The molecule has 2 N–H and O–H groups in total. The van der Waals surface area contributed by atoms with Crippen LogP contribution in [0.25, 0.3) is 0 Å². The molecule has 0 saturated carbocycles. The molecule has 0 aliphatic heterocycles. The Bertz CT molecular complexity index is 409. The Balaban J connectivity index is 2.72. The van der Waals surface area contributed by atoms with Gasteiger partial charge in [-0.15, -0.1) is 0 Å². The van der Waals surface area contributed by atoms with E-state index in [9.17, 15) is 4.79 Å². The number of rotatable bonds is 4. The molecule has 106 valence electrons. The van der Waals surface area contributed by atoms with E-state index in [2.05, 4.69) is 20.8 Å². The van der Waals surface area contributed by atoms with Crippen LogP contribution in [-0.2, 0) is 4.79 Å². The maximum absolute atomic E-state index is 12.4. The number of hydrogen-bond acceptors (Lipinski definition) is 2. The smallest absolute Gasteiger partial charge is 0.227 e. The molecule has 3 nitrogen and oxygen atoms in total. The summed E-state index contributed by atoms with van der Waals surface area (Å²) in [6.45, 7) is 9.01. The highest BCUT2D eigenvalue weighted by Gasteiger charge is 2.26. The normalized spacial score (nSPS) is 14.8. The Morgan fingerprint density at radius 2 is 1.79 bits per heavy atom. The van der Waals surface area contributed by atoms with Gasteiger partial charge in [-0.3, -0.25) is 4.79 Å². The molecule has 1 aromatic rings. The van der Waals surface area contributed by atoms with Gasteiger partial charge in [-0.05, 0) is 11.0 Å². The second-order valence-electron chi connectivity index (χ2n) is 6.48. The molecule has 1 aromatic carbocycles. The zero-order valence-corrected chi connectivity index (χ0v) is 12.7. The number of hydrogen-bond donors (Lipinski definition) is 1. The minimum Gasteiger partial charge on any atom is -0.345 e. The molecule has 3 heteroatoms. The van der Waals surface area contributed by atoms with Crippen LogP contribution in [0.4, 0.5) is 0 Å². The molecule has 0 fully saturated rings. The second-order valence-corrected chi connectivity index (χ2v) is 6.48. The van der Waals surface area contributed by atoms with Crippen LogP contribution in [0.1, 0.15) is 39.3 Å². The molecule has 1 amide bonds. The summed E-state index contributed by atoms with van der Waals surface area (Å²) in [5.41, 5.74) is 7.30. The maximum atomic E-state index is 12.4. The monoisotopic (exact) mass is 262 g/mol. The lowest BCUT2D eigenvalue weighted by Crippen LogP contribution is -2.40. The van der Waals surface area contributed by atoms with Gasteiger partial charge >= 0.3 is 0 Å². The van der Waals surface area contributed by atoms with Gasteiger partial charge in [0, 0.05) is 19.6 Å². The third kappa shape index (κ3) is 4.67. The molecule has 2 unspecified atom stereocenters. The van der Waals surface area contributed by atoms with Crippen LogP contribution in [0, 0.1) is 11.3 Å². The summed E-state index contributed by atoms with van der Waals surface area (Å²) in [7, 11) is 1.85. The SMILES string of the molecule is CC(C(=O)N(C)CC(C)(C)C)C(N)c1ccccc1. The van der Waals surface area contributed by atoms with Crippen LogP contribution in [0.2, 0.25) is 0 Å². The van der Waals surface area contributed by atoms with E-state index >= 15 is 0 Å². The lowest BCUT2D eigenvalue weighted by molar-refractivity contribution is -0.135. The fraction of sp³-hybridized carbons (Fsp3) is 0.562. The van der Waals surface area contributed by atoms with Gasteiger partial charge in [0.2, 0.25) is 5.91 Å². The summed E-state index contributed by atoms with van der Waals surface area (Å²) >= 11 is 0. The van der Waals surface area contributed by atoms with Crippen molar-refractivity contribution < 1.29 is 4.79 Å². The molecule has 0 bridgehead atoms. The van der Waals surface area contributed by atoms with Crippen molar-refractivity contribution in [3.63, 3.8) is 0 Å². The first-order valence-electron chi connectivity index (χ1n) is 6.78. The van der Waals surface area contributed by atoms with E-state index in [0.29, 0.717) is 0 Å². The van der Waals surface area contributed by atoms with E-state index in [1.54, 1.807) is 4.90 Å². The number of nitrogens with two attached hydrogens (primary N) is 1. The molecular weight excluding hydrogens is 236 g/mol. The first-order valence-corrected chi connectivity index (χ1v) is 6.78. The zero-order chi connectivity index (χ0) is 14.6. The number of amides is 1. The highest BCUT2D eigenvalue weighted by Crippen LogP contribution is 2.22. The van der Waals surface area contributed by atoms with Gasteiger partial charge in [-0.25, -0.2) is 0 Å². The van der Waals surface area contributed by atoms with E-state index < -0.39 is 0 Å². The molecule has 0 heterocycles. The molecule has 0 aliphatic carbocycles. The van der Waals surface area contributed by atoms with Gasteiger partial charge in [0.15, 0.2) is 0 Å². The first kappa shape index (κ1) is 15.7. The quantitative estimate of drug-likeness (QED) is 0.907. The van der Waals surface area contributed by atoms with Crippen LogP contribution in [-0.4, -0.2) is 24.4 Å². The molecule has 0 spiro atoms. The van der Waals surface area contributed by atoms with Crippen molar-refractivity contribution in [2.45, 2.75) is 33.7 Å². The summed E-state index contributed by atoms with van der Waals surface area (Å²) in [5.74, 6) is -0.110. The lowest BCUT2D eigenvalue weighted by Gasteiger charge is -2.30. The van der Waals surface area contributed by atoms with Crippen molar-refractivity contribution in [1.29, 1.82) is 0 Å². The molecule has 19 heavy (non-hydrogen) atoms. The van der Waals surface area contributed by atoms with Crippen molar-refractivity contribution in [3.05, 3.63) is 35.9 Å². The third-order valence-electron chi connectivity index (χ3n) is 3.20. The highest BCUT2D eigenvalue weighted by atomic mass is 16.2. The Morgan fingerprint density at radius 1 is 1.26 bits per heavy atom. The molecule has 1 rings (SSSR count). The maximum Gasteiger partial charge on any atom is 0.227 e. The largest absolute Gasteiger partial charge is 0.345 e. The van der Waals surface area contributed by atoms with Crippen molar-refractivity contribution in [3.8, 4) is 0 Å². The average molecular weight is 262 g/mol. The molecular formula is C16H26N2O. The van der Waals surface area contributed by atoms with Crippen molar-refractivity contribution in [2.24, 2.45) is 17.1 Å². The standard InChI is InChI=1S/C16H26N2O/c1-12(14(17)13-9-7-6-8-10-13)15(19)18(5)11-16(2,3)4/h6-10,12,14H,11,17H2,1-5H3. The summed E-state index contributed by atoms with van der Waals surface area (Å²) in [5, 5.41) is 0. The fourth-order valence-corrected chi connectivity index (χ4v) is 2.25. The van der Waals surface area contributed by atoms with E-state index in [4.69, 9.17) is 5.73 Å². The molecule has 2 atom stereocenters. The van der Waals surface area contributed by atoms with E-state index in [-0.39, 0.29) is 23.3 Å². The predicted octanol–water partition coefficient (Wildman–Crippen LogP) is 2.83. The minimum atomic E-state index is -0.254. The predicted molar refractivity (Wildman–Crippen MR) is 79.6 cm³/mol. The van der Waals surface area contributed by atoms with Gasteiger partial charge in [0.25, 0.3) is 0 Å². The van der Waals surface area contributed by atoms with E-state index in [1.807, 2.05) is 44.3 Å². The Morgan fingerprint density at radius 3 is 2.26 bits per heavy atom. The van der Waals surface area contributed by atoms with Gasteiger partial charge in [-0.1, -0.05) is 58.0 Å². The molecule has 0 saturated heterocycles. The minimum absolute atomic E-state index is 0.0982. The summed E-state index contributed by atoms with van der Waals surface area (Å²) in [4.78, 5) is 14.2. The molecule has 0 radical (unpaired) electrons. The number of carbonyl (C=O) groups excluding carboxylic acids is 1. The third-order valence-corrected chi connectivity index (χ3v) is 3.20. The lowest BCUT2D eigenvalue weighted by atomic mass is 9.92. The van der Waals surface area contributed by atoms with Gasteiger partial charge < -0.3 is 10.6 Å². The Hall–Kier alpha value is -1.35. The Kier molecular flexibility index (Phi) is 5.12. The summed E-state index contributed by atoms with van der Waals surface area (Å²) < 4.78 is 0. The van der Waals surface area contributed by atoms with Crippen molar-refractivity contribution >= 4 is 5.91 Å². The van der Waals surface area contributed by atoms with E-state index in [1.165, 1.54) is 0 Å². The van der Waals surface area contributed by atoms with Gasteiger partial charge in [0.1, 0.15) is 0 Å². The first-order chi connectivity index (χ1) is 8.72. The molecule has 0 aliphatic rings. The second kappa shape index (κ2) is 6.20. The number of benzene rings is 1. The van der Waals surface area contributed by atoms with Crippen molar-refractivity contribution in [2.75, 3.05) is 13.6 Å². The fourth-order valence-electron chi connectivity index (χ4n) is 2.25. The zero-order valence-electron chi connectivity index (χ0n) is 12.7. The van der Waals surface area contributed by atoms with E-state index in [0.717, 1.165) is 12.1 Å². The number of nitrogens with zero attached hydrogens (tertiary/aromatic N) is 1. The van der Waals surface area contributed by atoms with Crippen LogP contribution in [0.15, 0.2) is 30.3 Å². The Labute approximate surface area is 116 Å². The summed E-state index contributed by atoms with van der Waals surface area (Å²) in [6.07, 6.45) is 0. The van der Waals surface area contributed by atoms with Crippen molar-refractivity contribution in [1.82, 2.24) is 4.90 Å². The average Bonchev–Trinajstić information content (AvgIpc) is 2.35. The van der Waals surface area contributed by atoms with Crippen LogP contribution < -0.4 is 5.73 Å². The van der Waals surface area contributed by atoms with Crippen LogP contribution >= 0.6 is 0 Å². The van der Waals surface area contributed by atoms with Crippen LogP contribution in [0.3, 0.4) is 0 Å². The topological polar surface area (TPSA) is 46.3 Å². The van der Waals surface area contributed by atoms with Crippen LogP contribution in [0.5, 0.6) is 0 Å². The number of carbonyl (C=O) groups is 1. The van der Waals surface area contributed by atoms with Gasteiger partial charge in [-0.2, -0.15) is 0 Å².